The van der Waals surface area contributed by atoms with Gasteiger partial charge in [-0.3, -0.25) is 43.2 Å². The molecule has 27 heteroatoms. The lowest BCUT2D eigenvalue weighted by Crippen LogP contribution is -2.56. The number of amides is 6. The summed E-state index contributed by atoms with van der Waals surface area (Å²) in [5.41, 5.74) is 16.2. The van der Waals surface area contributed by atoms with Crippen LogP contribution in [0, 0.1) is 55.9 Å². The number of nitrogens with zero attached hydrogens (tertiary/aromatic N) is 9. The van der Waals surface area contributed by atoms with Crippen LogP contribution in [-0.2, 0) is 59.4 Å². The van der Waals surface area contributed by atoms with Crippen molar-refractivity contribution in [1.29, 1.82) is 5.26 Å². The van der Waals surface area contributed by atoms with Crippen molar-refractivity contribution < 1.29 is 63.6 Å². The fourth-order valence-corrected chi connectivity index (χ4v) is 17.6. The van der Waals surface area contributed by atoms with Crippen LogP contribution in [0.4, 0.5) is 5.69 Å². The average Bonchev–Trinajstić information content (AvgIpc) is 1.61. The number of carbonyl (C=O) groups is 9. The van der Waals surface area contributed by atoms with E-state index in [1.165, 1.54) is 38.7 Å². The largest absolute Gasteiger partial charge is 0.391 e. The van der Waals surface area contributed by atoms with Gasteiger partial charge in [0.05, 0.1) is 115 Å². The van der Waals surface area contributed by atoms with Crippen LogP contribution in [0.25, 0.3) is 36.2 Å². The number of likely N-dealkylation sites (tertiary alicyclic amines) is 3. The van der Waals surface area contributed by atoms with Crippen molar-refractivity contribution in [3.8, 4) is 37.4 Å². The minimum absolute atomic E-state index is 0.00320. The Morgan fingerprint density at radius 3 is 1.35 bits per heavy atom. The topological polar surface area (TPSA) is 338 Å². The number of aliphatic hydroxyl groups excluding tert-OH is 4. The maximum atomic E-state index is 13.9. The maximum absolute atomic E-state index is 13.9. The Morgan fingerprint density at radius 1 is 0.578 bits per heavy atom. The zero-order chi connectivity index (χ0) is 84.0. The quantitative estimate of drug-likeness (QED) is 0.0261. The lowest BCUT2D eigenvalue weighted by molar-refractivity contribution is -0.143. The van der Waals surface area contributed by atoms with Crippen LogP contribution in [-0.4, -0.2) is 188 Å². The molecule has 7 heterocycles. The summed E-state index contributed by atoms with van der Waals surface area (Å²) in [6.07, 6.45) is 0.144. The van der Waals surface area contributed by atoms with Gasteiger partial charge in [0.2, 0.25) is 29.5 Å². The van der Waals surface area contributed by atoms with Crippen LogP contribution in [0.5, 0.6) is 0 Å². The van der Waals surface area contributed by atoms with Crippen LogP contribution < -0.4 is 10.6 Å². The summed E-state index contributed by atoms with van der Waals surface area (Å²) in [5.74, 6) is -2.61. The minimum atomic E-state index is -1.16. The molecule has 0 radical (unpaired) electrons. The summed E-state index contributed by atoms with van der Waals surface area (Å²) in [4.78, 5) is 145. The lowest BCUT2D eigenvalue weighted by Gasteiger charge is -2.35. The number of Topliss-reactive ketones (excluding diaryl/α,β-unsaturated/α-hetero) is 3. The van der Waals surface area contributed by atoms with E-state index in [1.54, 1.807) is 64.3 Å². The number of aromatic nitrogens is 3. The van der Waals surface area contributed by atoms with E-state index in [4.69, 9.17) is 11.8 Å². The number of rotatable bonds is 27. The highest BCUT2D eigenvalue weighted by Crippen LogP contribution is 2.37. The van der Waals surface area contributed by atoms with Gasteiger partial charge < -0.3 is 50.7 Å². The van der Waals surface area contributed by atoms with Gasteiger partial charge in [-0.1, -0.05) is 139 Å². The molecular weight excluding hydrogens is 1530 g/mol. The summed E-state index contributed by atoms with van der Waals surface area (Å²) in [5, 5.41) is 55.8. The van der Waals surface area contributed by atoms with E-state index in [0.717, 1.165) is 70.7 Å². The molecular formula is C89H103N11O13S3. The summed E-state index contributed by atoms with van der Waals surface area (Å²) in [6, 6.07) is 32.4. The summed E-state index contributed by atoms with van der Waals surface area (Å²) < 4.78 is 0. The number of ketones is 3. The van der Waals surface area contributed by atoms with E-state index in [-0.39, 0.29) is 118 Å². The number of nitrogens with one attached hydrogen (secondary N) is 2. The third-order valence-electron chi connectivity index (χ3n) is 21.6. The number of hydrogen-bond donors (Lipinski definition) is 6. The third-order valence-corrected chi connectivity index (χ3v) is 24.6. The van der Waals surface area contributed by atoms with Gasteiger partial charge in [-0.2, -0.15) is 5.26 Å². The number of thiazole rings is 3. The molecule has 12 rings (SSSR count). The van der Waals surface area contributed by atoms with Gasteiger partial charge in [-0.05, 0) is 134 Å². The van der Waals surface area contributed by atoms with E-state index in [1.807, 2.05) is 165 Å². The molecule has 0 aliphatic carbocycles. The SMILES string of the molecule is Cc1ncsc1-c1ccc(CCC(=O)[C@@H]2C[C@@H](O)CN2C(=O)[C@@H](NC(=O)CCC(C)C)[C@H](C)O)cc1.Cc1ncsc1-c1ccc(CCC(=O)[C@@H]2C[C@@H](O)CN2C(=O)[C@@H](NC(=O)c2ccc(C#N)cc2)C(C)(C)C)cc1.[C-]#[N+]c1cccc2c1C(=O)N([C@H](C(=O)N1C[C@H](O)C[C@H]1C(=O)CCc1ccc(-c3scnc3C)cc1)C(C)C)C2. The summed E-state index contributed by atoms with van der Waals surface area (Å²) >= 11 is 4.77. The standard InChI is InChI=1S/C31H32N4O4S.C31H34N4O4S.C27H37N3O5S/c1-18(2)28(35-15-22-6-5-7-24(32-4)27(22)30(35)38)31(39)34-16-23(36)14-25(34)26(37)13-10-20-8-11-21(12-9-20)29-19(3)33-17-40-29;1-19-27(40-18-33-19)22-10-5-20(6-11-22)9-14-26(37)25-15-24(36)17-35(25)30(39)28(31(2,3)4)34-29(38)23-12-7-21(16-32)8-13-23;1-16(2)5-12-24(34)29-25(18(4)31)27(35)30-14-21(32)13-22(30)23(33)11-8-19-6-9-20(10-7-19)26-17(3)28-15-36-26/h5-9,11-12,17-18,23,25,28,36H,10,13-16H2,1-3H3;5-8,10-13,18,24-25,28,36H,9,14-15,17H2,1-4H3,(H,34,38);6-7,9-10,15-16,18,21-22,25,31-32H,5,8,11-14H2,1-4H3,(H,29,34)/t23-,25+,28+;24-,25+,28-;18-,21+,22-,25-/m110/s1. The highest BCUT2D eigenvalue weighted by Gasteiger charge is 2.48. The molecule has 10 atom stereocenters. The second-order valence-corrected chi connectivity index (χ2v) is 34.8. The Hall–Kier alpha value is -10.4. The first kappa shape index (κ1) is 88.0. The first-order valence-corrected chi connectivity index (χ1v) is 42.0. The molecule has 610 valence electrons. The van der Waals surface area contributed by atoms with Crippen LogP contribution in [0.1, 0.15) is 172 Å². The highest BCUT2D eigenvalue weighted by atomic mass is 32.1. The summed E-state index contributed by atoms with van der Waals surface area (Å²) in [6.45, 7) is 28.4. The van der Waals surface area contributed by atoms with Gasteiger partial charge in [0, 0.05) is 76.7 Å². The molecule has 6 N–H and O–H groups in total. The Morgan fingerprint density at radius 2 is 0.991 bits per heavy atom. The maximum Gasteiger partial charge on any atom is 0.251 e. The normalized spacial score (nSPS) is 18.7. The van der Waals surface area contributed by atoms with Crippen LogP contribution in [0.3, 0.4) is 0 Å². The smallest absolute Gasteiger partial charge is 0.251 e. The Labute approximate surface area is 689 Å². The number of aliphatic hydroxyl groups is 4. The molecule has 5 aromatic carbocycles. The second-order valence-electron chi connectivity index (χ2n) is 32.2. The van der Waals surface area contributed by atoms with Gasteiger partial charge in [0.25, 0.3) is 5.91 Å². The van der Waals surface area contributed by atoms with E-state index in [0.29, 0.717) is 48.3 Å². The molecule has 4 aliphatic rings. The van der Waals surface area contributed by atoms with E-state index >= 15 is 0 Å². The van der Waals surface area contributed by atoms with Gasteiger partial charge in [-0.25, -0.2) is 19.8 Å². The molecule has 0 spiro atoms. The molecule has 4 aliphatic heterocycles. The number of fused-ring (bicyclic) bond motifs is 1. The van der Waals surface area contributed by atoms with Crippen molar-refractivity contribution in [3.05, 3.63) is 199 Å². The van der Waals surface area contributed by atoms with Gasteiger partial charge in [-0.15, -0.1) is 34.0 Å². The Balaban J connectivity index is 0.000000184. The zero-order valence-corrected chi connectivity index (χ0v) is 69.9. The van der Waals surface area contributed by atoms with Crippen molar-refractivity contribution in [3.63, 3.8) is 0 Å². The lowest BCUT2D eigenvalue weighted by atomic mass is 9.85. The van der Waals surface area contributed by atoms with E-state index < -0.39 is 83.8 Å². The van der Waals surface area contributed by atoms with Crippen LogP contribution >= 0.6 is 34.0 Å². The fraction of sp³-hybridized carbons (Fsp3) is 0.438. The second kappa shape index (κ2) is 39.5. The average molecular weight is 1630 g/mol. The number of nitriles is 1. The van der Waals surface area contributed by atoms with Gasteiger partial charge in [0.1, 0.15) is 18.1 Å². The molecule has 0 bridgehead atoms. The minimum Gasteiger partial charge on any atom is -0.391 e. The predicted octanol–water partition coefficient (Wildman–Crippen LogP) is 12.0. The summed E-state index contributed by atoms with van der Waals surface area (Å²) in [7, 11) is 0. The molecule has 0 saturated carbocycles. The predicted molar refractivity (Wildman–Crippen MR) is 446 cm³/mol. The van der Waals surface area contributed by atoms with E-state index in [9.17, 15) is 63.6 Å². The van der Waals surface area contributed by atoms with Crippen molar-refractivity contribution in [2.75, 3.05) is 19.6 Å². The van der Waals surface area contributed by atoms with E-state index in [2.05, 4.69) is 30.4 Å². The van der Waals surface area contributed by atoms with Crippen LogP contribution in [0.15, 0.2) is 132 Å². The van der Waals surface area contributed by atoms with Gasteiger partial charge >= 0.3 is 0 Å². The number of aryl methyl sites for hydroxylation is 6. The molecule has 6 amide bonds. The fourth-order valence-electron chi connectivity index (χ4n) is 15.2. The molecule has 116 heavy (non-hydrogen) atoms. The highest BCUT2D eigenvalue weighted by molar-refractivity contribution is 7.14. The molecule has 8 aromatic rings. The Bertz CT molecular complexity index is 4920. The zero-order valence-electron chi connectivity index (χ0n) is 67.4. The van der Waals surface area contributed by atoms with Gasteiger partial charge in [0.15, 0.2) is 23.0 Å². The molecule has 0 unspecified atom stereocenters. The van der Waals surface area contributed by atoms with Crippen molar-refractivity contribution >= 4 is 92.5 Å². The number of hydrogen-bond acceptors (Lipinski definition) is 20. The third kappa shape index (κ3) is 21.8. The molecule has 3 saturated heterocycles. The molecule has 24 nitrogen and oxygen atoms in total. The number of carbonyl (C=O) groups excluding carboxylic acids is 9. The first-order chi connectivity index (χ1) is 55.2. The van der Waals surface area contributed by atoms with Crippen molar-refractivity contribution in [1.82, 2.24) is 45.2 Å². The first-order valence-electron chi connectivity index (χ1n) is 39.3. The molecule has 3 aromatic heterocycles. The number of β-amino-alcohol motifs (C(OH)–C–C–N with tert-alkyl or cyclic N) is 3. The Kier molecular flexibility index (Phi) is 30.0. The van der Waals surface area contributed by atoms with Crippen molar-refractivity contribution in [2.45, 2.75) is 214 Å². The van der Waals surface area contributed by atoms with Crippen molar-refractivity contribution in [2.24, 2.45) is 17.3 Å². The monoisotopic (exact) mass is 1630 g/mol. The number of benzene rings is 5. The van der Waals surface area contributed by atoms with Crippen LogP contribution in [0.2, 0.25) is 0 Å². The molecule has 3 fully saturated rings.